The largest absolute Gasteiger partial charge is 0.208 e. The van der Waals surface area contributed by atoms with Crippen molar-refractivity contribution in [3.8, 4) is 45.0 Å². The van der Waals surface area contributed by atoms with E-state index < -0.39 is 0 Å². The first kappa shape index (κ1) is 35.5. The van der Waals surface area contributed by atoms with E-state index in [0.717, 1.165) is 34.2 Å². The zero-order valence-electron chi connectivity index (χ0n) is 31.8. The lowest BCUT2D eigenvalue weighted by Gasteiger charge is -2.18. The summed E-state index contributed by atoms with van der Waals surface area (Å²) < 4.78 is 0. The Morgan fingerprint density at radius 1 is 0.368 bits per heavy atom. The van der Waals surface area contributed by atoms with E-state index in [1.807, 2.05) is 30.3 Å². The zero-order valence-corrected chi connectivity index (χ0v) is 31.8. The van der Waals surface area contributed by atoms with Crippen molar-refractivity contribution < 1.29 is 0 Å². The molecule has 0 saturated heterocycles. The summed E-state index contributed by atoms with van der Waals surface area (Å²) in [6.45, 7) is 2.22. The van der Waals surface area contributed by atoms with Crippen LogP contribution in [0.2, 0.25) is 0 Å². The monoisotopic (exact) mass is 731 g/mol. The first-order valence-electron chi connectivity index (χ1n) is 19.6. The number of rotatable bonds is 9. The average molecular weight is 732 g/mol. The molecule has 0 N–H and O–H groups in total. The van der Waals surface area contributed by atoms with Crippen LogP contribution in [0.1, 0.15) is 41.4 Å². The maximum Gasteiger partial charge on any atom is 0.164 e. The molecule has 0 spiro atoms. The van der Waals surface area contributed by atoms with Crippen molar-refractivity contribution in [3.05, 3.63) is 240 Å². The highest BCUT2D eigenvalue weighted by atomic mass is 15.0. The van der Waals surface area contributed by atoms with E-state index in [-0.39, 0.29) is 0 Å². The summed E-state index contributed by atoms with van der Waals surface area (Å²) in [4.78, 5) is 14.8. The first-order valence-corrected chi connectivity index (χ1v) is 19.6. The van der Waals surface area contributed by atoms with Crippen LogP contribution in [-0.4, -0.2) is 15.0 Å². The van der Waals surface area contributed by atoms with Gasteiger partial charge in [0.25, 0.3) is 0 Å². The molecule has 272 valence electrons. The Kier molecular flexibility index (Phi) is 10.1. The molecular formula is C54H41N3. The summed E-state index contributed by atoms with van der Waals surface area (Å²) in [6.07, 6.45) is 7.61. The maximum atomic E-state index is 4.96. The highest BCUT2D eigenvalue weighted by molar-refractivity contribution is 6.04. The molecule has 0 aliphatic heterocycles. The Bertz CT molecular complexity index is 2660. The second-order valence-corrected chi connectivity index (χ2v) is 14.5. The van der Waals surface area contributed by atoms with Gasteiger partial charge in [0.2, 0.25) is 0 Å². The predicted octanol–water partition coefficient (Wildman–Crippen LogP) is 13.5. The molecule has 7 aromatic carbocycles. The van der Waals surface area contributed by atoms with Crippen LogP contribution in [0, 0.1) is 5.92 Å². The van der Waals surface area contributed by atoms with Crippen LogP contribution in [0.3, 0.4) is 0 Å². The fourth-order valence-corrected chi connectivity index (χ4v) is 7.56. The van der Waals surface area contributed by atoms with Gasteiger partial charge in [-0.1, -0.05) is 219 Å². The Labute approximate surface area is 335 Å². The molecule has 8 aromatic rings. The third kappa shape index (κ3) is 7.82. The van der Waals surface area contributed by atoms with Crippen LogP contribution < -0.4 is 0 Å². The Morgan fingerprint density at radius 3 is 1.12 bits per heavy atom. The van der Waals surface area contributed by atoms with Crippen molar-refractivity contribution in [2.45, 2.75) is 13.3 Å². The molecule has 0 amide bonds. The molecule has 3 heteroatoms. The molecule has 1 aliphatic carbocycles. The third-order valence-electron chi connectivity index (χ3n) is 10.5. The van der Waals surface area contributed by atoms with Crippen molar-refractivity contribution in [3.63, 3.8) is 0 Å². The van der Waals surface area contributed by atoms with Crippen molar-refractivity contribution in [2.75, 3.05) is 0 Å². The van der Waals surface area contributed by atoms with Gasteiger partial charge in [-0.15, -0.1) is 0 Å². The van der Waals surface area contributed by atoms with Crippen LogP contribution in [0.15, 0.2) is 212 Å². The van der Waals surface area contributed by atoms with Gasteiger partial charge in [0.1, 0.15) is 0 Å². The Balaban J connectivity index is 1.01. The normalized spacial score (nSPS) is 13.5. The van der Waals surface area contributed by atoms with Crippen molar-refractivity contribution in [2.24, 2.45) is 5.92 Å². The topological polar surface area (TPSA) is 38.7 Å². The number of allylic oxidation sites excluding steroid dienone is 4. The van der Waals surface area contributed by atoms with Crippen LogP contribution in [0.4, 0.5) is 0 Å². The maximum absolute atomic E-state index is 4.96. The molecule has 0 saturated carbocycles. The molecule has 57 heavy (non-hydrogen) atoms. The highest BCUT2D eigenvalue weighted by Gasteiger charge is 2.17. The standard InChI is InChI=1S/C54H41N3/c1-38-15-14-24-49(37-38)54-56-52(47-22-12-5-13-23-47)55-53(57-54)48-35-31-42(32-36-48)40-27-25-39(26-28-40)41-29-33-46(34-30-41)51(45-20-10-4-11-21-45)50(43-16-6-2-7-17-43)44-18-8-3-9-19-44/h2-14,16-38H,15H2,1H3. The fraction of sp³-hybridized carbons (Fsp3) is 0.0556. The summed E-state index contributed by atoms with van der Waals surface area (Å²) in [5.74, 6) is 2.49. The zero-order chi connectivity index (χ0) is 38.4. The SMILES string of the molecule is CC1C=C(c2nc(-c3ccccc3)nc(-c3ccc(-c4ccc(-c5ccc(C(=C(c6ccccc6)c6ccccc6)c6ccccc6)cc5)cc4)cc3)n2)C=CC1. The Morgan fingerprint density at radius 2 is 0.702 bits per heavy atom. The molecule has 1 atom stereocenters. The van der Waals surface area contributed by atoms with E-state index in [1.54, 1.807) is 0 Å². The summed E-state index contributed by atoms with van der Waals surface area (Å²) in [5, 5.41) is 0. The minimum atomic E-state index is 0.443. The molecular weight excluding hydrogens is 691 g/mol. The van der Waals surface area contributed by atoms with Gasteiger partial charge in [-0.25, -0.2) is 15.0 Å². The number of hydrogen-bond donors (Lipinski definition) is 0. The Hall–Kier alpha value is -7.23. The minimum absolute atomic E-state index is 0.443. The van der Waals surface area contributed by atoms with Gasteiger partial charge in [0, 0.05) is 16.7 Å². The van der Waals surface area contributed by atoms with Gasteiger partial charge < -0.3 is 0 Å². The third-order valence-corrected chi connectivity index (χ3v) is 10.5. The number of nitrogens with zero attached hydrogens (tertiary/aromatic N) is 3. The van der Waals surface area contributed by atoms with Crippen LogP contribution >= 0.6 is 0 Å². The molecule has 0 bridgehead atoms. The average Bonchev–Trinajstić information content (AvgIpc) is 3.29. The van der Waals surface area contributed by atoms with Gasteiger partial charge in [0.05, 0.1) is 0 Å². The summed E-state index contributed by atoms with van der Waals surface area (Å²) in [7, 11) is 0. The molecule has 3 nitrogen and oxygen atoms in total. The van der Waals surface area contributed by atoms with Crippen molar-refractivity contribution in [1.82, 2.24) is 15.0 Å². The summed E-state index contributed by atoms with van der Waals surface area (Å²) in [6, 6.07) is 68.6. The number of hydrogen-bond acceptors (Lipinski definition) is 3. The van der Waals surface area contributed by atoms with Crippen LogP contribution in [0.25, 0.3) is 61.7 Å². The fourth-order valence-electron chi connectivity index (χ4n) is 7.56. The van der Waals surface area contributed by atoms with E-state index >= 15 is 0 Å². The molecule has 9 rings (SSSR count). The van der Waals surface area contributed by atoms with Gasteiger partial charge in [-0.05, 0) is 68.0 Å². The van der Waals surface area contributed by atoms with Crippen LogP contribution in [-0.2, 0) is 0 Å². The van der Waals surface area contributed by atoms with Crippen molar-refractivity contribution >= 4 is 16.7 Å². The van der Waals surface area contributed by atoms with Gasteiger partial charge in [-0.2, -0.15) is 0 Å². The predicted molar refractivity (Wildman–Crippen MR) is 237 cm³/mol. The minimum Gasteiger partial charge on any atom is -0.208 e. The van der Waals surface area contributed by atoms with Crippen LogP contribution in [0.5, 0.6) is 0 Å². The van der Waals surface area contributed by atoms with E-state index in [1.165, 1.54) is 44.5 Å². The van der Waals surface area contributed by atoms with Gasteiger partial charge in [-0.3, -0.25) is 0 Å². The van der Waals surface area contributed by atoms with E-state index in [0.29, 0.717) is 23.4 Å². The molecule has 1 heterocycles. The lowest BCUT2D eigenvalue weighted by Crippen LogP contribution is -2.04. The lowest BCUT2D eigenvalue weighted by atomic mass is 9.85. The second-order valence-electron chi connectivity index (χ2n) is 14.5. The quantitative estimate of drug-likeness (QED) is 0.139. The lowest BCUT2D eigenvalue weighted by molar-refractivity contribution is 0.738. The molecule has 1 unspecified atom stereocenters. The molecule has 0 radical (unpaired) electrons. The van der Waals surface area contributed by atoms with E-state index in [4.69, 9.17) is 15.0 Å². The first-order chi connectivity index (χ1) is 28.2. The number of aromatic nitrogens is 3. The second kappa shape index (κ2) is 16.2. The van der Waals surface area contributed by atoms with Gasteiger partial charge in [0.15, 0.2) is 17.5 Å². The summed E-state index contributed by atoms with van der Waals surface area (Å²) >= 11 is 0. The summed E-state index contributed by atoms with van der Waals surface area (Å²) in [5.41, 5.74) is 14.8. The molecule has 1 aromatic heterocycles. The van der Waals surface area contributed by atoms with E-state index in [2.05, 4.69) is 189 Å². The van der Waals surface area contributed by atoms with Crippen molar-refractivity contribution in [1.29, 1.82) is 0 Å². The molecule has 1 aliphatic rings. The van der Waals surface area contributed by atoms with E-state index in [9.17, 15) is 0 Å². The van der Waals surface area contributed by atoms with Gasteiger partial charge >= 0.3 is 0 Å². The number of benzene rings is 7. The molecule has 0 fully saturated rings. The highest BCUT2D eigenvalue weighted by Crippen LogP contribution is 2.38. The smallest absolute Gasteiger partial charge is 0.164 e.